The van der Waals surface area contributed by atoms with Gasteiger partial charge < -0.3 is 5.32 Å². The highest BCUT2D eigenvalue weighted by Gasteiger charge is 2.46. The van der Waals surface area contributed by atoms with E-state index in [1.54, 1.807) is 0 Å². The van der Waals surface area contributed by atoms with Crippen LogP contribution in [-0.2, 0) is 0 Å². The highest BCUT2D eigenvalue weighted by molar-refractivity contribution is 5.05. The average molecular weight is 295 g/mol. The smallest absolute Gasteiger partial charge is 0.0362 e. The minimum atomic E-state index is 0.494. The van der Waals surface area contributed by atoms with Crippen LogP contribution in [0.2, 0.25) is 0 Å². The quantitative estimate of drug-likeness (QED) is 0.669. The molecule has 0 spiro atoms. The van der Waals surface area contributed by atoms with Gasteiger partial charge in [-0.3, -0.25) is 4.90 Å². The van der Waals surface area contributed by atoms with E-state index in [4.69, 9.17) is 0 Å². The largest absolute Gasteiger partial charge is 0.312 e. The van der Waals surface area contributed by atoms with E-state index in [2.05, 4.69) is 31.0 Å². The van der Waals surface area contributed by atoms with E-state index in [1.165, 1.54) is 83.8 Å². The number of hydrogen-bond donors (Lipinski definition) is 1. The van der Waals surface area contributed by atoms with Crippen LogP contribution in [0.5, 0.6) is 0 Å². The molecule has 0 radical (unpaired) electrons. The first-order valence-corrected chi connectivity index (χ1v) is 9.75. The summed E-state index contributed by atoms with van der Waals surface area (Å²) in [5.41, 5.74) is 0.494. The van der Waals surface area contributed by atoms with Gasteiger partial charge in [0.1, 0.15) is 0 Å². The lowest BCUT2D eigenvalue weighted by Crippen LogP contribution is -2.59. The fourth-order valence-electron chi connectivity index (χ4n) is 4.80. The van der Waals surface area contributed by atoms with Crippen LogP contribution in [0.25, 0.3) is 0 Å². The van der Waals surface area contributed by atoms with Crippen molar-refractivity contribution in [1.82, 2.24) is 10.2 Å². The Morgan fingerprint density at radius 1 is 0.952 bits per heavy atom. The van der Waals surface area contributed by atoms with Gasteiger partial charge in [0.15, 0.2) is 0 Å². The zero-order chi connectivity index (χ0) is 15.1. The van der Waals surface area contributed by atoms with Crippen LogP contribution in [0, 0.1) is 5.92 Å². The molecule has 21 heavy (non-hydrogen) atoms. The fraction of sp³-hybridized carbons (Fsp3) is 1.00. The fourth-order valence-corrected chi connectivity index (χ4v) is 4.80. The molecule has 0 aromatic heterocycles. The Balaban J connectivity index is 2.13. The van der Waals surface area contributed by atoms with Gasteiger partial charge in [-0.2, -0.15) is 0 Å². The Morgan fingerprint density at radius 2 is 1.57 bits per heavy atom. The number of hydrogen-bond acceptors (Lipinski definition) is 2. The summed E-state index contributed by atoms with van der Waals surface area (Å²) in [4.78, 5) is 2.88. The highest BCUT2D eigenvalue weighted by Crippen LogP contribution is 2.42. The van der Waals surface area contributed by atoms with Crippen LogP contribution in [0.3, 0.4) is 0 Å². The molecule has 1 aliphatic carbocycles. The van der Waals surface area contributed by atoms with E-state index < -0.39 is 0 Å². The van der Waals surface area contributed by atoms with Crippen molar-refractivity contribution in [3.05, 3.63) is 0 Å². The van der Waals surface area contributed by atoms with Crippen LogP contribution in [-0.4, -0.2) is 36.1 Å². The third-order valence-corrected chi connectivity index (χ3v) is 6.22. The van der Waals surface area contributed by atoms with E-state index in [1.807, 2.05) is 0 Å². The maximum Gasteiger partial charge on any atom is 0.0362 e. The van der Waals surface area contributed by atoms with Gasteiger partial charge in [-0.05, 0) is 64.1 Å². The van der Waals surface area contributed by atoms with Gasteiger partial charge in [-0.25, -0.2) is 0 Å². The van der Waals surface area contributed by atoms with Crippen molar-refractivity contribution in [2.45, 2.75) is 96.6 Å². The molecule has 0 amide bonds. The first-order valence-electron chi connectivity index (χ1n) is 9.75. The number of nitrogens with one attached hydrogen (secondary N) is 1. The molecule has 1 unspecified atom stereocenters. The Bertz CT molecular complexity index is 273. The average Bonchev–Trinajstić information content (AvgIpc) is 3.19. The number of nitrogens with zero attached hydrogens (tertiary/aromatic N) is 1. The Hall–Kier alpha value is -0.0800. The predicted octanol–water partition coefficient (Wildman–Crippen LogP) is 4.59. The SMILES string of the molecule is CCCNC(CC(CC)CC)C1(N2CCCC2)CCCC1. The molecule has 0 bridgehead atoms. The molecule has 1 aliphatic heterocycles. The van der Waals surface area contributed by atoms with E-state index in [-0.39, 0.29) is 0 Å². The molecule has 1 N–H and O–H groups in total. The summed E-state index contributed by atoms with van der Waals surface area (Å²) in [6.45, 7) is 11.0. The number of rotatable bonds is 9. The van der Waals surface area contributed by atoms with Crippen molar-refractivity contribution < 1.29 is 0 Å². The summed E-state index contributed by atoms with van der Waals surface area (Å²) >= 11 is 0. The molecule has 2 heteroatoms. The Labute approximate surface area is 133 Å². The van der Waals surface area contributed by atoms with Crippen molar-refractivity contribution in [1.29, 1.82) is 0 Å². The van der Waals surface area contributed by atoms with Crippen molar-refractivity contribution in [3.63, 3.8) is 0 Å². The molecule has 124 valence electrons. The Morgan fingerprint density at radius 3 is 2.10 bits per heavy atom. The normalized spacial score (nSPS) is 24.0. The first-order chi connectivity index (χ1) is 10.3. The van der Waals surface area contributed by atoms with Gasteiger partial charge in [0.2, 0.25) is 0 Å². The molecule has 1 saturated carbocycles. The zero-order valence-corrected chi connectivity index (χ0v) is 14.8. The molecule has 1 atom stereocenters. The highest BCUT2D eigenvalue weighted by atomic mass is 15.2. The van der Waals surface area contributed by atoms with Gasteiger partial charge >= 0.3 is 0 Å². The zero-order valence-electron chi connectivity index (χ0n) is 14.8. The first kappa shape index (κ1) is 17.3. The van der Waals surface area contributed by atoms with E-state index in [9.17, 15) is 0 Å². The second-order valence-corrected chi connectivity index (χ2v) is 7.43. The molecule has 2 nitrogen and oxygen atoms in total. The molecular weight excluding hydrogens is 256 g/mol. The van der Waals surface area contributed by atoms with Crippen molar-refractivity contribution in [3.8, 4) is 0 Å². The molecule has 1 saturated heterocycles. The van der Waals surface area contributed by atoms with Crippen molar-refractivity contribution >= 4 is 0 Å². The maximum absolute atomic E-state index is 3.99. The topological polar surface area (TPSA) is 15.3 Å². The lowest BCUT2D eigenvalue weighted by Gasteiger charge is -2.46. The minimum absolute atomic E-state index is 0.494. The van der Waals surface area contributed by atoms with Gasteiger partial charge in [-0.1, -0.05) is 46.5 Å². The molecular formula is C19H38N2. The van der Waals surface area contributed by atoms with E-state index in [0.717, 1.165) is 12.0 Å². The molecule has 2 aliphatic rings. The summed E-state index contributed by atoms with van der Waals surface area (Å²) in [6, 6.07) is 0.725. The van der Waals surface area contributed by atoms with Crippen LogP contribution in [0.4, 0.5) is 0 Å². The molecule has 0 aromatic rings. The van der Waals surface area contributed by atoms with Crippen LogP contribution in [0.1, 0.15) is 85.0 Å². The predicted molar refractivity (Wildman–Crippen MR) is 92.8 cm³/mol. The van der Waals surface area contributed by atoms with Crippen LogP contribution in [0.15, 0.2) is 0 Å². The molecule has 2 rings (SSSR count). The third-order valence-electron chi connectivity index (χ3n) is 6.22. The van der Waals surface area contributed by atoms with Crippen LogP contribution < -0.4 is 5.32 Å². The van der Waals surface area contributed by atoms with E-state index >= 15 is 0 Å². The molecule has 2 fully saturated rings. The van der Waals surface area contributed by atoms with Crippen molar-refractivity contribution in [2.75, 3.05) is 19.6 Å². The van der Waals surface area contributed by atoms with Gasteiger partial charge in [0, 0.05) is 11.6 Å². The van der Waals surface area contributed by atoms with Crippen LogP contribution >= 0.6 is 0 Å². The lowest BCUT2D eigenvalue weighted by atomic mass is 9.79. The minimum Gasteiger partial charge on any atom is -0.312 e. The summed E-state index contributed by atoms with van der Waals surface area (Å²) in [5, 5.41) is 3.99. The van der Waals surface area contributed by atoms with Gasteiger partial charge in [0.05, 0.1) is 0 Å². The standard InChI is InChI=1S/C19H38N2/c1-4-13-20-18(16-17(5-2)6-3)19(11-7-8-12-19)21-14-9-10-15-21/h17-18,20H,4-16H2,1-3H3. The van der Waals surface area contributed by atoms with Crippen molar-refractivity contribution in [2.24, 2.45) is 5.92 Å². The summed E-state index contributed by atoms with van der Waals surface area (Å²) in [6.07, 6.45) is 14.0. The Kier molecular flexibility index (Phi) is 7.01. The lowest BCUT2D eigenvalue weighted by molar-refractivity contribution is 0.0647. The molecule has 1 heterocycles. The van der Waals surface area contributed by atoms with Gasteiger partial charge in [-0.15, -0.1) is 0 Å². The summed E-state index contributed by atoms with van der Waals surface area (Å²) < 4.78 is 0. The summed E-state index contributed by atoms with van der Waals surface area (Å²) in [7, 11) is 0. The summed E-state index contributed by atoms with van der Waals surface area (Å²) in [5.74, 6) is 0.902. The van der Waals surface area contributed by atoms with E-state index in [0.29, 0.717) is 5.54 Å². The maximum atomic E-state index is 3.99. The second-order valence-electron chi connectivity index (χ2n) is 7.43. The second kappa shape index (κ2) is 8.53. The monoisotopic (exact) mass is 294 g/mol. The van der Waals surface area contributed by atoms with Gasteiger partial charge in [0.25, 0.3) is 0 Å². The number of likely N-dealkylation sites (tertiary alicyclic amines) is 1. The molecule has 0 aromatic carbocycles. The third kappa shape index (κ3) is 4.01.